The quantitative estimate of drug-likeness (QED) is 0.0725. The molecule has 9 heteroatoms. The molecule has 0 heterocycles. The van der Waals surface area contributed by atoms with Crippen molar-refractivity contribution in [2.45, 2.75) is 71.3 Å². The monoisotopic (exact) mass is 527 g/mol. The van der Waals surface area contributed by atoms with Crippen LogP contribution in [0, 0.1) is 0 Å². The Bertz CT molecular complexity index is 732. The molecule has 0 aromatic heterocycles. The molecule has 0 rings (SSSR count). The number of rotatable bonds is 23. The SMILES string of the molecule is CC/C=C\C/C=C\C/C=C\C/C=C\C/C=C\CCCCOCC(COP(=O)(O)OCCN)OC(C)=O. The number of hydrogen-bond acceptors (Lipinski definition) is 7. The maximum Gasteiger partial charge on any atom is 0.472 e. The summed E-state index contributed by atoms with van der Waals surface area (Å²) in [6, 6.07) is 0. The van der Waals surface area contributed by atoms with E-state index < -0.39 is 19.9 Å². The van der Waals surface area contributed by atoms with Gasteiger partial charge in [-0.15, -0.1) is 0 Å². The van der Waals surface area contributed by atoms with E-state index in [1.807, 2.05) is 0 Å². The van der Waals surface area contributed by atoms with Gasteiger partial charge >= 0.3 is 13.8 Å². The summed E-state index contributed by atoms with van der Waals surface area (Å²) in [4.78, 5) is 20.8. The predicted molar refractivity (Wildman–Crippen MR) is 145 cm³/mol. The van der Waals surface area contributed by atoms with Crippen LogP contribution in [0.25, 0.3) is 0 Å². The van der Waals surface area contributed by atoms with Gasteiger partial charge in [-0.25, -0.2) is 4.57 Å². The molecular formula is C27H46NO7P. The summed E-state index contributed by atoms with van der Waals surface area (Å²) in [7, 11) is -4.23. The summed E-state index contributed by atoms with van der Waals surface area (Å²) in [5, 5.41) is 0. The van der Waals surface area contributed by atoms with Crippen LogP contribution < -0.4 is 5.73 Å². The van der Waals surface area contributed by atoms with Crippen molar-refractivity contribution in [1.82, 2.24) is 0 Å². The van der Waals surface area contributed by atoms with Crippen molar-refractivity contribution in [3.63, 3.8) is 0 Å². The topological polar surface area (TPSA) is 117 Å². The standard InChI is InChI=1S/C27H46NO7P/c1-3-4-5-6-7-8-9-10-11-12-13-14-15-16-17-18-19-20-22-32-24-27(35-26(2)29)25-34-36(30,31)33-23-21-28/h4-5,7-8,10-11,13-14,16-17,27H,3,6,9,12,15,18-25,28H2,1-2H3,(H,30,31)/b5-4-,8-7-,11-10-,14-13-,17-16-. The average Bonchev–Trinajstić information content (AvgIpc) is 2.84. The number of esters is 1. The zero-order chi connectivity index (χ0) is 26.7. The lowest BCUT2D eigenvalue weighted by Crippen LogP contribution is -2.27. The maximum absolute atomic E-state index is 11.7. The normalized spacial score (nSPS) is 15.1. The van der Waals surface area contributed by atoms with Crippen molar-refractivity contribution in [2.75, 3.05) is 33.0 Å². The van der Waals surface area contributed by atoms with Gasteiger partial charge in [-0.2, -0.15) is 0 Å². The molecule has 0 saturated heterocycles. The zero-order valence-electron chi connectivity index (χ0n) is 22.0. The van der Waals surface area contributed by atoms with Crippen LogP contribution in [-0.4, -0.2) is 49.9 Å². The molecule has 0 amide bonds. The van der Waals surface area contributed by atoms with Crippen LogP contribution in [0.1, 0.15) is 65.2 Å². The minimum absolute atomic E-state index is 0.0676. The Balaban J connectivity index is 3.83. The molecule has 0 aliphatic heterocycles. The minimum atomic E-state index is -4.23. The van der Waals surface area contributed by atoms with Crippen LogP contribution in [0.5, 0.6) is 0 Å². The number of carbonyl (C=O) groups excluding carboxylic acids is 1. The highest BCUT2D eigenvalue weighted by Gasteiger charge is 2.24. The molecule has 0 aliphatic rings. The second kappa shape index (κ2) is 24.9. The fourth-order valence-electron chi connectivity index (χ4n) is 2.78. The first-order chi connectivity index (χ1) is 17.4. The van der Waals surface area contributed by atoms with E-state index in [2.05, 4.69) is 72.2 Å². The molecule has 8 nitrogen and oxygen atoms in total. The Labute approximate surface area is 217 Å². The lowest BCUT2D eigenvalue weighted by Gasteiger charge is -2.19. The van der Waals surface area contributed by atoms with E-state index in [1.165, 1.54) is 6.92 Å². The Hall–Kier alpha value is -1.80. The third-order valence-corrected chi connectivity index (χ3v) is 5.48. The largest absolute Gasteiger partial charge is 0.472 e. The first kappa shape index (κ1) is 34.2. The Morgan fingerprint density at radius 3 is 1.92 bits per heavy atom. The fourth-order valence-corrected chi connectivity index (χ4v) is 3.55. The summed E-state index contributed by atoms with van der Waals surface area (Å²) in [5.41, 5.74) is 5.23. The average molecular weight is 528 g/mol. The number of unbranched alkanes of at least 4 members (excludes halogenated alkanes) is 2. The van der Waals surface area contributed by atoms with E-state index in [0.29, 0.717) is 6.61 Å². The highest BCUT2D eigenvalue weighted by molar-refractivity contribution is 7.47. The molecule has 0 saturated carbocycles. The van der Waals surface area contributed by atoms with Gasteiger partial charge in [0.25, 0.3) is 0 Å². The summed E-state index contributed by atoms with van der Waals surface area (Å²) in [6.07, 6.45) is 28.7. The molecule has 2 unspecified atom stereocenters. The Morgan fingerprint density at radius 1 is 0.833 bits per heavy atom. The number of allylic oxidation sites excluding steroid dienone is 10. The van der Waals surface area contributed by atoms with Crippen molar-refractivity contribution < 1.29 is 32.8 Å². The molecule has 3 N–H and O–H groups in total. The smallest absolute Gasteiger partial charge is 0.458 e. The van der Waals surface area contributed by atoms with Crippen molar-refractivity contribution in [3.05, 3.63) is 60.8 Å². The number of hydrogen-bond donors (Lipinski definition) is 2. The molecule has 206 valence electrons. The van der Waals surface area contributed by atoms with Crippen molar-refractivity contribution in [3.8, 4) is 0 Å². The first-order valence-corrected chi connectivity index (χ1v) is 14.2. The molecule has 0 fully saturated rings. The summed E-state index contributed by atoms with van der Waals surface area (Å²) >= 11 is 0. The summed E-state index contributed by atoms with van der Waals surface area (Å²) < 4.78 is 31.8. The van der Waals surface area contributed by atoms with E-state index in [1.54, 1.807) is 0 Å². The van der Waals surface area contributed by atoms with Gasteiger partial charge in [-0.05, 0) is 51.4 Å². The molecule has 36 heavy (non-hydrogen) atoms. The van der Waals surface area contributed by atoms with Crippen LogP contribution in [0.15, 0.2) is 60.8 Å². The van der Waals surface area contributed by atoms with Crippen molar-refractivity contribution in [1.29, 1.82) is 0 Å². The molecule has 0 aliphatic carbocycles. The Morgan fingerprint density at radius 2 is 1.39 bits per heavy atom. The number of ether oxygens (including phenoxy) is 2. The number of carbonyl (C=O) groups is 1. The van der Waals surface area contributed by atoms with Crippen LogP contribution in [0.3, 0.4) is 0 Å². The second-order valence-electron chi connectivity index (χ2n) is 7.90. The number of nitrogens with two attached hydrogens (primary N) is 1. The van der Waals surface area contributed by atoms with E-state index in [4.69, 9.17) is 19.7 Å². The molecule has 0 bridgehead atoms. The predicted octanol–water partition coefficient (Wildman–Crippen LogP) is 5.95. The highest BCUT2D eigenvalue weighted by atomic mass is 31.2. The van der Waals surface area contributed by atoms with Crippen LogP contribution in [0.2, 0.25) is 0 Å². The van der Waals surface area contributed by atoms with Gasteiger partial charge in [0.2, 0.25) is 0 Å². The van der Waals surface area contributed by atoms with Gasteiger partial charge in [0.05, 0.1) is 19.8 Å². The van der Waals surface area contributed by atoms with Gasteiger partial charge in [0, 0.05) is 20.1 Å². The molecule has 0 aromatic rings. The van der Waals surface area contributed by atoms with Crippen LogP contribution in [-0.2, 0) is 27.9 Å². The lowest BCUT2D eigenvalue weighted by molar-refractivity contribution is -0.151. The van der Waals surface area contributed by atoms with Gasteiger partial charge in [0.1, 0.15) is 6.10 Å². The maximum atomic E-state index is 11.7. The molecule has 0 radical (unpaired) electrons. The molecule has 0 aromatic carbocycles. The lowest BCUT2D eigenvalue weighted by atomic mass is 10.2. The minimum Gasteiger partial charge on any atom is -0.458 e. The van der Waals surface area contributed by atoms with Crippen molar-refractivity contribution in [2.24, 2.45) is 5.73 Å². The third kappa shape index (κ3) is 25.3. The highest BCUT2D eigenvalue weighted by Crippen LogP contribution is 2.43. The number of phosphoric acid groups is 1. The first-order valence-electron chi connectivity index (χ1n) is 12.7. The summed E-state index contributed by atoms with van der Waals surface area (Å²) in [5.74, 6) is -0.527. The van der Waals surface area contributed by atoms with Gasteiger partial charge in [-0.1, -0.05) is 67.7 Å². The van der Waals surface area contributed by atoms with E-state index in [0.717, 1.165) is 51.4 Å². The summed E-state index contributed by atoms with van der Waals surface area (Å²) in [6.45, 7) is 3.62. The molecule has 0 spiro atoms. The zero-order valence-corrected chi connectivity index (χ0v) is 22.9. The van der Waals surface area contributed by atoms with Crippen molar-refractivity contribution >= 4 is 13.8 Å². The molecule has 2 atom stereocenters. The molecular weight excluding hydrogens is 481 g/mol. The third-order valence-electron chi connectivity index (χ3n) is 4.50. The van der Waals surface area contributed by atoms with Gasteiger partial charge in [-0.3, -0.25) is 13.8 Å². The van der Waals surface area contributed by atoms with Crippen LogP contribution >= 0.6 is 7.82 Å². The number of phosphoric ester groups is 1. The fraction of sp³-hybridized carbons (Fsp3) is 0.593. The van der Waals surface area contributed by atoms with E-state index in [-0.39, 0.29) is 26.4 Å². The Kier molecular flexibility index (Phi) is 23.6. The second-order valence-corrected chi connectivity index (χ2v) is 9.35. The van der Waals surface area contributed by atoms with E-state index >= 15 is 0 Å². The van der Waals surface area contributed by atoms with Crippen LogP contribution in [0.4, 0.5) is 0 Å². The van der Waals surface area contributed by atoms with Gasteiger partial charge < -0.3 is 20.1 Å². The van der Waals surface area contributed by atoms with Gasteiger partial charge in [0.15, 0.2) is 0 Å². The van der Waals surface area contributed by atoms with E-state index in [9.17, 15) is 14.3 Å².